The van der Waals surface area contributed by atoms with Gasteiger partial charge in [-0.25, -0.2) is 0 Å². The summed E-state index contributed by atoms with van der Waals surface area (Å²) in [5, 5.41) is 0. The van der Waals surface area contributed by atoms with Crippen molar-refractivity contribution in [2.75, 3.05) is 11.5 Å². The van der Waals surface area contributed by atoms with Crippen LogP contribution in [0, 0.1) is 0 Å². The Bertz CT molecular complexity index is 453. The van der Waals surface area contributed by atoms with E-state index in [1.807, 2.05) is 54.6 Å². The fourth-order valence-electron chi connectivity index (χ4n) is 1.49. The molecule has 0 aliphatic heterocycles. The van der Waals surface area contributed by atoms with Crippen LogP contribution in [-0.2, 0) is 6.61 Å². The lowest BCUT2D eigenvalue weighted by molar-refractivity contribution is 0.306. The molecule has 0 N–H and O–H groups in total. The number of benzene rings is 2. The molecule has 0 fully saturated rings. The van der Waals surface area contributed by atoms with Crippen LogP contribution in [0.5, 0.6) is 5.75 Å². The predicted octanol–water partition coefficient (Wildman–Crippen LogP) is 3.86. The Balaban J connectivity index is 1.96. The first-order valence-electron chi connectivity index (χ1n) is 5.42. The van der Waals surface area contributed by atoms with Crippen molar-refractivity contribution in [3.63, 3.8) is 0 Å². The number of halogens is 1. The topological polar surface area (TPSA) is 12.5 Å². The molecular weight excluding hydrogens is 234 g/mol. The maximum atomic E-state index is 5.82. The van der Waals surface area contributed by atoms with Crippen LogP contribution in [0.1, 0.15) is 5.56 Å². The first-order valence-corrected chi connectivity index (χ1v) is 5.76. The molecule has 0 spiro atoms. The van der Waals surface area contributed by atoms with Crippen molar-refractivity contribution in [3.8, 4) is 5.75 Å². The molecule has 88 valence electrons. The average Bonchev–Trinajstić information content (AvgIpc) is 2.38. The summed E-state index contributed by atoms with van der Waals surface area (Å²) in [6.07, 6.45) is 0. The Morgan fingerprint density at radius 2 is 1.65 bits per heavy atom. The number of nitrogens with zero attached hydrogens (tertiary/aromatic N) is 1. The van der Waals surface area contributed by atoms with E-state index in [9.17, 15) is 0 Å². The minimum atomic E-state index is 0.580. The molecule has 17 heavy (non-hydrogen) atoms. The fourth-order valence-corrected chi connectivity index (χ4v) is 1.60. The number of ether oxygens (including phenoxy) is 1. The molecule has 0 saturated heterocycles. The molecule has 2 aromatic carbocycles. The Labute approximate surface area is 107 Å². The lowest BCUT2D eigenvalue weighted by Gasteiger charge is -2.10. The Kier molecular flexibility index (Phi) is 3.89. The maximum Gasteiger partial charge on any atom is 0.119 e. The Hall–Kier alpha value is -1.67. The van der Waals surface area contributed by atoms with Gasteiger partial charge in [-0.1, -0.05) is 30.3 Å². The second kappa shape index (κ2) is 5.60. The summed E-state index contributed by atoms with van der Waals surface area (Å²) < 4.78 is 7.21. The second-order valence-electron chi connectivity index (χ2n) is 3.75. The van der Waals surface area contributed by atoms with Gasteiger partial charge >= 0.3 is 0 Å². The highest BCUT2D eigenvalue weighted by molar-refractivity contribution is 6.25. The smallest absolute Gasteiger partial charge is 0.119 e. The average molecular weight is 248 g/mol. The standard InChI is InChI=1S/C14H14ClNO/c1-16(15)13-7-9-14(10-8-13)17-11-12-5-3-2-4-6-12/h2-10H,11H2,1H3. The van der Waals surface area contributed by atoms with Crippen molar-refractivity contribution in [2.24, 2.45) is 0 Å². The van der Waals surface area contributed by atoms with Crippen LogP contribution in [0.2, 0.25) is 0 Å². The molecule has 2 rings (SSSR count). The van der Waals surface area contributed by atoms with Crippen LogP contribution in [0.25, 0.3) is 0 Å². The molecule has 2 aromatic rings. The molecule has 0 heterocycles. The second-order valence-corrected chi connectivity index (χ2v) is 4.25. The third kappa shape index (κ3) is 3.40. The molecule has 3 heteroatoms. The van der Waals surface area contributed by atoms with Crippen molar-refractivity contribution in [1.29, 1.82) is 0 Å². The van der Waals surface area contributed by atoms with Crippen LogP contribution in [0.4, 0.5) is 5.69 Å². The normalized spacial score (nSPS) is 10.0. The molecule has 0 atom stereocenters. The van der Waals surface area contributed by atoms with Crippen LogP contribution < -0.4 is 9.16 Å². The SMILES string of the molecule is CN(Cl)c1ccc(OCc2ccccc2)cc1. The van der Waals surface area contributed by atoms with Crippen LogP contribution >= 0.6 is 11.8 Å². The van der Waals surface area contributed by atoms with Gasteiger partial charge in [0.2, 0.25) is 0 Å². The van der Waals surface area contributed by atoms with E-state index in [2.05, 4.69) is 0 Å². The predicted molar refractivity (Wildman–Crippen MR) is 71.5 cm³/mol. The molecule has 0 aliphatic rings. The molecule has 0 radical (unpaired) electrons. The highest BCUT2D eigenvalue weighted by atomic mass is 35.5. The maximum absolute atomic E-state index is 5.82. The Morgan fingerprint density at radius 3 is 2.24 bits per heavy atom. The molecule has 0 amide bonds. The highest BCUT2D eigenvalue weighted by Crippen LogP contribution is 2.20. The van der Waals surface area contributed by atoms with Gasteiger partial charge in [0.1, 0.15) is 12.4 Å². The van der Waals surface area contributed by atoms with Gasteiger partial charge in [-0.2, -0.15) is 0 Å². The van der Waals surface area contributed by atoms with Gasteiger partial charge in [0.25, 0.3) is 0 Å². The molecule has 2 nitrogen and oxygen atoms in total. The molecule has 0 bridgehead atoms. The summed E-state index contributed by atoms with van der Waals surface area (Å²) in [7, 11) is 1.79. The zero-order valence-corrected chi connectivity index (χ0v) is 10.4. The van der Waals surface area contributed by atoms with Crippen molar-refractivity contribution in [1.82, 2.24) is 0 Å². The highest BCUT2D eigenvalue weighted by Gasteiger charge is 1.98. The zero-order valence-electron chi connectivity index (χ0n) is 9.64. The summed E-state index contributed by atoms with van der Waals surface area (Å²) in [6, 6.07) is 17.8. The van der Waals surface area contributed by atoms with Crippen molar-refractivity contribution < 1.29 is 4.74 Å². The third-order valence-corrected chi connectivity index (χ3v) is 2.64. The lowest BCUT2D eigenvalue weighted by Crippen LogP contribution is -2.00. The number of anilines is 1. The van der Waals surface area contributed by atoms with Gasteiger partial charge in [0, 0.05) is 18.8 Å². The minimum Gasteiger partial charge on any atom is -0.489 e. The van der Waals surface area contributed by atoms with Gasteiger partial charge in [0.05, 0.1) is 5.69 Å². The first-order chi connectivity index (χ1) is 8.25. The van der Waals surface area contributed by atoms with Gasteiger partial charge in [-0.15, -0.1) is 0 Å². The van der Waals surface area contributed by atoms with E-state index in [-0.39, 0.29) is 0 Å². The molecule has 0 aliphatic carbocycles. The van der Waals surface area contributed by atoms with E-state index < -0.39 is 0 Å². The fraction of sp³-hybridized carbons (Fsp3) is 0.143. The minimum absolute atomic E-state index is 0.580. The van der Waals surface area contributed by atoms with Crippen molar-refractivity contribution >= 4 is 17.5 Å². The van der Waals surface area contributed by atoms with Crippen LogP contribution in [0.15, 0.2) is 54.6 Å². The van der Waals surface area contributed by atoms with Crippen molar-refractivity contribution in [2.45, 2.75) is 6.61 Å². The van der Waals surface area contributed by atoms with Gasteiger partial charge in [0.15, 0.2) is 0 Å². The van der Waals surface area contributed by atoms with E-state index in [4.69, 9.17) is 16.5 Å². The van der Waals surface area contributed by atoms with E-state index in [0.717, 1.165) is 17.0 Å². The van der Waals surface area contributed by atoms with Gasteiger partial charge < -0.3 is 4.74 Å². The van der Waals surface area contributed by atoms with E-state index in [1.54, 1.807) is 11.5 Å². The van der Waals surface area contributed by atoms with Crippen LogP contribution in [-0.4, -0.2) is 7.05 Å². The molecule has 0 aromatic heterocycles. The monoisotopic (exact) mass is 247 g/mol. The molecular formula is C14H14ClNO. The molecule has 0 unspecified atom stereocenters. The van der Waals surface area contributed by atoms with Crippen LogP contribution in [0.3, 0.4) is 0 Å². The summed E-state index contributed by atoms with van der Waals surface area (Å²) in [4.78, 5) is 0. The van der Waals surface area contributed by atoms with E-state index in [1.165, 1.54) is 0 Å². The summed E-state index contributed by atoms with van der Waals surface area (Å²) in [5.41, 5.74) is 2.10. The van der Waals surface area contributed by atoms with Gasteiger partial charge in [-0.05, 0) is 29.8 Å². The summed E-state index contributed by atoms with van der Waals surface area (Å²) >= 11 is 5.82. The van der Waals surface area contributed by atoms with E-state index in [0.29, 0.717) is 6.61 Å². The Morgan fingerprint density at radius 1 is 1.00 bits per heavy atom. The summed E-state index contributed by atoms with van der Waals surface area (Å²) in [6.45, 7) is 0.580. The first kappa shape index (κ1) is 11.8. The number of hydrogen-bond acceptors (Lipinski definition) is 2. The lowest BCUT2D eigenvalue weighted by atomic mass is 10.2. The zero-order chi connectivity index (χ0) is 12.1. The molecule has 0 saturated carbocycles. The number of hydrogen-bond donors (Lipinski definition) is 0. The third-order valence-electron chi connectivity index (χ3n) is 2.44. The van der Waals surface area contributed by atoms with Gasteiger partial charge in [-0.3, -0.25) is 4.42 Å². The summed E-state index contributed by atoms with van der Waals surface area (Å²) in [5.74, 6) is 0.844. The largest absolute Gasteiger partial charge is 0.489 e. The van der Waals surface area contributed by atoms with E-state index >= 15 is 0 Å². The number of rotatable bonds is 4. The quantitative estimate of drug-likeness (QED) is 0.761. The van der Waals surface area contributed by atoms with Crippen molar-refractivity contribution in [3.05, 3.63) is 60.2 Å².